The van der Waals surface area contributed by atoms with E-state index in [1.165, 1.54) is 0 Å². The molecule has 126 valence electrons. The Morgan fingerprint density at radius 3 is 1.41 bits per heavy atom. The Labute approximate surface area is 132 Å². The van der Waals surface area contributed by atoms with Gasteiger partial charge >= 0.3 is 12.2 Å². The van der Waals surface area contributed by atoms with Crippen LogP contribution in [0.2, 0.25) is 0 Å². The highest BCUT2D eigenvalue weighted by atomic mass is 16.6. The van der Waals surface area contributed by atoms with E-state index in [4.69, 9.17) is 9.47 Å². The molecule has 1 aliphatic rings. The molecule has 0 aromatic heterocycles. The number of carbonyl (C=O) groups excluding carboxylic acids is 2. The Morgan fingerprint density at radius 1 is 0.818 bits per heavy atom. The van der Waals surface area contributed by atoms with Gasteiger partial charge in [-0.05, 0) is 54.4 Å². The summed E-state index contributed by atoms with van der Waals surface area (Å²) in [6, 6.07) is -0.431. The largest absolute Gasteiger partial charge is 0.444 e. The summed E-state index contributed by atoms with van der Waals surface area (Å²) in [6.45, 7) is 10.9. The van der Waals surface area contributed by atoms with Crippen LogP contribution in [0.1, 0.15) is 54.4 Å². The topological polar surface area (TPSA) is 76.7 Å². The normalized spacial score (nSPS) is 21.9. The molecule has 1 unspecified atom stereocenters. The zero-order chi connectivity index (χ0) is 17.0. The van der Waals surface area contributed by atoms with Gasteiger partial charge in [-0.1, -0.05) is 12.2 Å². The average Bonchev–Trinajstić information content (AvgIpc) is 2.26. The van der Waals surface area contributed by atoms with Crippen molar-refractivity contribution in [3.63, 3.8) is 0 Å². The third kappa shape index (κ3) is 7.33. The van der Waals surface area contributed by atoms with E-state index in [1.807, 2.05) is 53.7 Å². The minimum absolute atomic E-state index is 0.215. The van der Waals surface area contributed by atoms with E-state index in [9.17, 15) is 9.59 Å². The first-order valence-corrected chi connectivity index (χ1v) is 7.60. The highest BCUT2D eigenvalue weighted by molar-refractivity contribution is 5.70. The van der Waals surface area contributed by atoms with Crippen molar-refractivity contribution in [2.75, 3.05) is 0 Å². The Bertz CT molecular complexity index is 392. The summed E-state index contributed by atoms with van der Waals surface area (Å²) in [5.74, 6) is 0. The lowest BCUT2D eigenvalue weighted by Gasteiger charge is -2.31. The van der Waals surface area contributed by atoms with Crippen molar-refractivity contribution in [2.24, 2.45) is 0 Å². The fourth-order valence-electron chi connectivity index (χ4n) is 2.05. The highest BCUT2D eigenvalue weighted by Gasteiger charge is 2.29. The van der Waals surface area contributed by atoms with E-state index in [2.05, 4.69) is 10.6 Å². The number of hydrogen-bond acceptors (Lipinski definition) is 4. The van der Waals surface area contributed by atoms with Crippen LogP contribution in [0.4, 0.5) is 9.59 Å². The minimum Gasteiger partial charge on any atom is -0.444 e. The number of hydrogen-bond donors (Lipinski definition) is 2. The van der Waals surface area contributed by atoms with Crippen molar-refractivity contribution in [1.29, 1.82) is 0 Å². The number of amides is 2. The molecule has 1 aliphatic carbocycles. The van der Waals surface area contributed by atoms with E-state index in [-0.39, 0.29) is 12.1 Å². The van der Waals surface area contributed by atoms with E-state index in [0.717, 1.165) is 0 Å². The van der Waals surface area contributed by atoms with E-state index >= 15 is 0 Å². The molecule has 2 N–H and O–H groups in total. The van der Waals surface area contributed by atoms with Crippen molar-refractivity contribution in [3.8, 4) is 0 Å². The molecule has 2 amide bonds. The van der Waals surface area contributed by atoms with Gasteiger partial charge in [-0.25, -0.2) is 9.59 Å². The predicted molar refractivity (Wildman–Crippen MR) is 84.7 cm³/mol. The maximum absolute atomic E-state index is 11.9. The molecule has 2 atom stereocenters. The van der Waals surface area contributed by atoms with Crippen molar-refractivity contribution < 1.29 is 19.1 Å². The molecule has 0 aromatic rings. The molecule has 0 saturated carbocycles. The van der Waals surface area contributed by atoms with Gasteiger partial charge in [-0.15, -0.1) is 0 Å². The highest BCUT2D eigenvalue weighted by Crippen LogP contribution is 2.15. The molecule has 0 spiro atoms. The van der Waals surface area contributed by atoms with Crippen LogP contribution in [0, 0.1) is 0 Å². The quantitative estimate of drug-likeness (QED) is 0.768. The lowest BCUT2D eigenvalue weighted by Crippen LogP contribution is -2.53. The van der Waals surface area contributed by atoms with Crippen LogP contribution in [0.3, 0.4) is 0 Å². The Hall–Kier alpha value is -1.72. The fourth-order valence-corrected chi connectivity index (χ4v) is 2.05. The van der Waals surface area contributed by atoms with Gasteiger partial charge in [0.05, 0.1) is 12.1 Å². The van der Waals surface area contributed by atoms with Gasteiger partial charge in [0.15, 0.2) is 0 Å². The number of ether oxygens (including phenoxy) is 2. The fraction of sp³-hybridized carbons (Fsp3) is 0.750. The first-order valence-electron chi connectivity index (χ1n) is 7.60. The Morgan fingerprint density at radius 2 is 1.14 bits per heavy atom. The summed E-state index contributed by atoms with van der Waals surface area (Å²) in [5, 5.41) is 5.62. The third-order valence-electron chi connectivity index (χ3n) is 2.84. The summed E-state index contributed by atoms with van der Waals surface area (Å²) in [5.41, 5.74) is -1.11. The van der Waals surface area contributed by atoms with Crippen molar-refractivity contribution in [3.05, 3.63) is 12.2 Å². The van der Waals surface area contributed by atoms with E-state index < -0.39 is 23.4 Å². The smallest absolute Gasteiger partial charge is 0.407 e. The summed E-state index contributed by atoms with van der Waals surface area (Å²) in [7, 11) is 0. The zero-order valence-corrected chi connectivity index (χ0v) is 14.4. The molecule has 22 heavy (non-hydrogen) atoms. The van der Waals surface area contributed by atoms with E-state index in [0.29, 0.717) is 12.8 Å². The van der Waals surface area contributed by atoms with Crippen LogP contribution in [0.5, 0.6) is 0 Å². The monoisotopic (exact) mass is 312 g/mol. The van der Waals surface area contributed by atoms with Gasteiger partial charge in [0.25, 0.3) is 0 Å². The van der Waals surface area contributed by atoms with Gasteiger partial charge < -0.3 is 20.1 Å². The summed E-state index contributed by atoms with van der Waals surface area (Å²) in [6.07, 6.45) is 4.27. The van der Waals surface area contributed by atoms with Gasteiger partial charge in [-0.2, -0.15) is 0 Å². The second-order valence-corrected chi connectivity index (χ2v) is 7.45. The molecule has 0 bridgehead atoms. The molecule has 0 aromatic carbocycles. The van der Waals surface area contributed by atoms with Crippen LogP contribution in [-0.4, -0.2) is 35.5 Å². The van der Waals surface area contributed by atoms with Crippen LogP contribution >= 0.6 is 0 Å². The predicted octanol–water partition coefficient (Wildman–Crippen LogP) is 3.12. The van der Waals surface area contributed by atoms with Gasteiger partial charge in [0, 0.05) is 0 Å². The molecule has 1 rings (SSSR count). The van der Waals surface area contributed by atoms with Crippen molar-refractivity contribution >= 4 is 12.2 Å². The second-order valence-electron chi connectivity index (χ2n) is 7.45. The SMILES string of the molecule is CC(C)(C)OC(=O)NC1CC=CC[C@@H]1NC(=O)OC(C)(C)C. The lowest BCUT2D eigenvalue weighted by molar-refractivity contribution is 0.0428. The van der Waals surface area contributed by atoms with Crippen LogP contribution in [-0.2, 0) is 9.47 Å². The number of nitrogens with one attached hydrogen (secondary N) is 2. The van der Waals surface area contributed by atoms with Crippen molar-refractivity contribution in [1.82, 2.24) is 10.6 Å². The molecule has 0 fully saturated rings. The van der Waals surface area contributed by atoms with Gasteiger partial charge in [0.2, 0.25) is 0 Å². The maximum Gasteiger partial charge on any atom is 0.407 e. The lowest BCUT2D eigenvalue weighted by atomic mass is 9.96. The molecule has 6 heteroatoms. The van der Waals surface area contributed by atoms with Crippen LogP contribution in [0.25, 0.3) is 0 Å². The third-order valence-corrected chi connectivity index (χ3v) is 2.84. The van der Waals surface area contributed by atoms with Crippen molar-refractivity contribution in [2.45, 2.75) is 77.7 Å². The molecule has 0 saturated heterocycles. The molecule has 0 radical (unpaired) electrons. The second kappa shape index (κ2) is 7.03. The molecular weight excluding hydrogens is 284 g/mol. The summed E-state index contributed by atoms with van der Waals surface area (Å²) in [4.78, 5) is 23.8. The number of carbonyl (C=O) groups is 2. The van der Waals surface area contributed by atoms with E-state index in [1.54, 1.807) is 0 Å². The number of rotatable bonds is 2. The van der Waals surface area contributed by atoms with Crippen LogP contribution < -0.4 is 10.6 Å². The Balaban J connectivity index is 2.59. The zero-order valence-electron chi connectivity index (χ0n) is 14.4. The minimum atomic E-state index is -0.553. The number of alkyl carbamates (subject to hydrolysis) is 2. The summed E-state index contributed by atoms with van der Waals surface area (Å²) >= 11 is 0. The average molecular weight is 312 g/mol. The summed E-state index contributed by atoms with van der Waals surface area (Å²) < 4.78 is 10.5. The Kier molecular flexibility index (Phi) is 5.85. The molecule has 6 nitrogen and oxygen atoms in total. The molecule has 0 aliphatic heterocycles. The standard InChI is InChI=1S/C16H28N2O4/c1-15(2,3)21-13(19)17-11-9-7-8-10-12(11)18-14(20)22-16(4,5)6/h7-8,11-12H,9-10H2,1-6H3,(H,17,19)(H,18,20)/t11-,12?/m0/s1. The molecule has 0 heterocycles. The van der Waals surface area contributed by atoms with Crippen LogP contribution in [0.15, 0.2) is 12.2 Å². The molecular formula is C16H28N2O4. The van der Waals surface area contributed by atoms with Gasteiger partial charge in [-0.3, -0.25) is 0 Å². The first-order chi connectivity index (χ1) is 9.96. The first kappa shape index (κ1) is 18.3. The maximum atomic E-state index is 11.9. The van der Waals surface area contributed by atoms with Gasteiger partial charge in [0.1, 0.15) is 11.2 Å².